The number of aromatic nitrogens is 6. The molecule has 0 fully saturated rings. The minimum Gasteiger partial charge on any atom is -0.458 e. The number of imidazole rings is 1. The quantitative estimate of drug-likeness (QED) is 0.124. The zero-order chi connectivity index (χ0) is 41.7. The molecule has 0 N–H and O–H groups in total. The van der Waals surface area contributed by atoms with E-state index in [-0.39, 0.29) is 5.41 Å². The van der Waals surface area contributed by atoms with E-state index >= 15 is 0 Å². The van der Waals surface area contributed by atoms with Crippen molar-refractivity contribution in [2.75, 3.05) is 0 Å². The third-order valence-electron chi connectivity index (χ3n) is 12.4. The Balaban J connectivity index is 1.17. The van der Waals surface area contributed by atoms with Crippen molar-refractivity contribution < 1.29 is 9.30 Å². The summed E-state index contributed by atoms with van der Waals surface area (Å²) in [4.78, 5) is 5.18. The van der Waals surface area contributed by atoms with Gasteiger partial charge in [-0.2, -0.15) is 0 Å². The zero-order valence-corrected chi connectivity index (χ0v) is 34.9. The summed E-state index contributed by atoms with van der Waals surface area (Å²) >= 11 is 0. The lowest BCUT2D eigenvalue weighted by Crippen LogP contribution is -2.28. The maximum absolute atomic E-state index is 6.82. The molecule has 7 aromatic carbocycles. The zero-order valence-electron chi connectivity index (χ0n) is 34.9. The van der Waals surface area contributed by atoms with Crippen LogP contribution in [0.15, 0.2) is 182 Å². The highest BCUT2D eigenvalue weighted by atomic mass is 16.5. The van der Waals surface area contributed by atoms with Gasteiger partial charge in [0.1, 0.15) is 17.3 Å². The lowest BCUT2D eigenvalue weighted by atomic mass is 9.88. The second-order valence-electron chi connectivity index (χ2n) is 17.2. The van der Waals surface area contributed by atoms with Crippen LogP contribution in [0.3, 0.4) is 0 Å². The Labute approximate surface area is 358 Å². The molecule has 5 heterocycles. The number of ether oxygens (including phenoxy) is 1. The fourth-order valence-corrected chi connectivity index (χ4v) is 9.57. The number of fused-ring (bicyclic) bond motifs is 12. The molecule has 0 saturated carbocycles. The molecule has 0 spiro atoms. The molecule has 0 bridgehead atoms. The van der Waals surface area contributed by atoms with Crippen LogP contribution in [-0.2, 0) is 12.5 Å². The van der Waals surface area contributed by atoms with Crippen LogP contribution >= 0.6 is 0 Å². The van der Waals surface area contributed by atoms with Gasteiger partial charge in [0.2, 0.25) is 0 Å². The Morgan fingerprint density at radius 1 is 0.548 bits per heavy atom. The lowest BCUT2D eigenvalue weighted by molar-refractivity contribution is -0.599. The van der Waals surface area contributed by atoms with Gasteiger partial charge in [-0.3, -0.25) is 13.7 Å². The van der Waals surface area contributed by atoms with Crippen molar-refractivity contribution in [1.29, 1.82) is 0 Å². The summed E-state index contributed by atoms with van der Waals surface area (Å²) in [7, 11) is 2.21. The summed E-state index contributed by atoms with van der Waals surface area (Å²) in [5.74, 6) is 2.33. The van der Waals surface area contributed by atoms with Crippen molar-refractivity contribution >= 4 is 65.4 Å². The van der Waals surface area contributed by atoms with Gasteiger partial charge < -0.3 is 13.9 Å². The Morgan fingerprint density at radius 3 is 1.94 bits per heavy atom. The maximum Gasteiger partial charge on any atom is 0.268 e. The lowest BCUT2D eigenvalue weighted by Gasteiger charge is -2.20. The molecule has 12 rings (SSSR count). The topological polar surface area (TPSA) is 45.7 Å². The number of para-hydroxylation sites is 4. The molecule has 0 aliphatic rings. The van der Waals surface area contributed by atoms with Crippen molar-refractivity contribution in [2.45, 2.75) is 26.2 Å². The first-order chi connectivity index (χ1) is 30.3. The minimum absolute atomic E-state index is 0.0883. The fourth-order valence-electron chi connectivity index (χ4n) is 9.57. The highest BCUT2D eigenvalue weighted by Gasteiger charge is 2.28. The Kier molecular flexibility index (Phi) is 7.87. The van der Waals surface area contributed by atoms with Gasteiger partial charge in [0.15, 0.2) is 0 Å². The van der Waals surface area contributed by atoms with E-state index in [1.54, 1.807) is 0 Å². The SMILES string of the molecule is Cn1c2ccccc2c2c1c1c3ccccc3n(-c3ccccc3)c1c1c3ccc(Oc4cccc(-[n+]5[c-]n(-c6ccccc6)cc5)c4)cc3n(-c3cc(C(C)(C)C)ccn3)c21. The molecule has 298 valence electrons. The van der Waals surface area contributed by atoms with E-state index < -0.39 is 0 Å². The summed E-state index contributed by atoms with van der Waals surface area (Å²) in [6.45, 7) is 6.78. The minimum atomic E-state index is -0.0883. The summed E-state index contributed by atoms with van der Waals surface area (Å²) in [5, 5.41) is 7.14. The highest BCUT2D eigenvalue weighted by Crippen LogP contribution is 2.49. The first-order valence-corrected chi connectivity index (χ1v) is 21.1. The normalized spacial score (nSPS) is 12.2. The van der Waals surface area contributed by atoms with E-state index in [0.29, 0.717) is 0 Å². The summed E-state index contributed by atoms with van der Waals surface area (Å²) in [6, 6.07) is 57.7. The summed E-state index contributed by atoms with van der Waals surface area (Å²) in [5.41, 5.74) is 11.1. The van der Waals surface area contributed by atoms with Crippen LogP contribution in [0.2, 0.25) is 0 Å². The average Bonchev–Trinajstić information content (AvgIpc) is 4.08. The monoisotopic (exact) mass is 802 g/mol. The largest absolute Gasteiger partial charge is 0.458 e. The second-order valence-corrected chi connectivity index (χ2v) is 17.2. The molecule has 0 unspecified atom stereocenters. The van der Waals surface area contributed by atoms with Gasteiger partial charge in [-0.05, 0) is 89.8 Å². The van der Waals surface area contributed by atoms with Crippen LogP contribution in [0.4, 0.5) is 0 Å². The van der Waals surface area contributed by atoms with Crippen molar-refractivity contribution in [3.05, 3.63) is 194 Å². The average molecular weight is 803 g/mol. The van der Waals surface area contributed by atoms with Gasteiger partial charge in [-0.1, -0.05) is 99.6 Å². The summed E-state index contributed by atoms with van der Waals surface area (Å²) < 4.78 is 18.0. The van der Waals surface area contributed by atoms with Gasteiger partial charge in [-0.25, -0.2) is 4.98 Å². The van der Waals surface area contributed by atoms with Crippen LogP contribution in [0.1, 0.15) is 26.3 Å². The first-order valence-electron chi connectivity index (χ1n) is 21.1. The van der Waals surface area contributed by atoms with Crippen molar-refractivity contribution in [3.63, 3.8) is 0 Å². The molecule has 5 aromatic heterocycles. The highest BCUT2D eigenvalue weighted by molar-refractivity contribution is 6.40. The standard InChI is InChI=1S/C55H42N6O/c1-55(2,3)36-28-29-56-48(32-36)61-47-34-41(62-40-21-15-20-39(33-40)59-31-30-58(35-59)37-16-7-5-8-17-37)26-27-44(47)51-53-50(52-49(54(51)61)42-22-11-13-24-45(42)57(52)4)43-23-12-14-25-46(43)60(53)38-18-9-6-10-19-38/h5-34H,1-4H3. The number of pyridine rings is 1. The molecule has 7 nitrogen and oxygen atoms in total. The van der Waals surface area contributed by atoms with Crippen LogP contribution in [0.5, 0.6) is 11.5 Å². The predicted octanol–water partition coefficient (Wildman–Crippen LogP) is 12.9. The smallest absolute Gasteiger partial charge is 0.268 e. The molecule has 7 heteroatoms. The van der Waals surface area contributed by atoms with E-state index in [4.69, 9.17) is 9.72 Å². The predicted molar refractivity (Wildman–Crippen MR) is 252 cm³/mol. The van der Waals surface area contributed by atoms with E-state index in [0.717, 1.165) is 56.3 Å². The molecule has 0 amide bonds. The van der Waals surface area contributed by atoms with Crippen LogP contribution in [0, 0.1) is 6.33 Å². The van der Waals surface area contributed by atoms with Gasteiger partial charge >= 0.3 is 0 Å². The number of aryl methyl sites for hydroxylation is 1. The van der Waals surface area contributed by atoms with E-state index in [9.17, 15) is 0 Å². The molecule has 0 aliphatic heterocycles. The Morgan fingerprint density at radius 2 is 1.18 bits per heavy atom. The van der Waals surface area contributed by atoms with Crippen LogP contribution in [0.25, 0.3) is 88.3 Å². The third-order valence-corrected chi connectivity index (χ3v) is 12.4. The molecular weight excluding hydrogens is 761 g/mol. The molecule has 0 radical (unpaired) electrons. The fraction of sp³-hybridized carbons (Fsp3) is 0.0909. The number of rotatable bonds is 6. The third kappa shape index (κ3) is 5.44. The number of hydrogen-bond acceptors (Lipinski definition) is 2. The van der Waals surface area contributed by atoms with Crippen LogP contribution in [-0.4, -0.2) is 23.3 Å². The molecule has 0 saturated heterocycles. The Bertz CT molecular complexity index is 3710. The first kappa shape index (κ1) is 36.0. The second kappa shape index (κ2) is 13.6. The van der Waals surface area contributed by atoms with Gasteiger partial charge in [0.05, 0.1) is 39.0 Å². The van der Waals surface area contributed by atoms with Gasteiger partial charge in [0, 0.05) is 75.2 Å². The van der Waals surface area contributed by atoms with Crippen LogP contribution < -0.4 is 9.30 Å². The number of hydrogen-bond donors (Lipinski definition) is 0. The van der Waals surface area contributed by atoms with Crippen molar-refractivity contribution in [1.82, 2.24) is 23.3 Å². The molecular formula is C55H42N6O. The maximum atomic E-state index is 6.82. The van der Waals surface area contributed by atoms with E-state index in [1.807, 2.05) is 58.1 Å². The molecule has 0 atom stereocenters. The number of benzene rings is 7. The van der Waals surface area contributed by atoms with E-state index in [1.165, 1.54) is 49.0 Å². The summed E-state index contributed by atoms with van der Waals surface area (Å²) in [6.07, 6.45) is 9.43. The number of nitrogens with zero attached hydrogens (tertiary/aromatic N) is 6. The molecule has 12 aromatic rings. The van der Waals surface area contributed by atoms with Crippen molar-refractivity contribution in [2.24, 2.45) is 7.05 Å². The molecule has 62 heavy (non-hydrogen) atoms. The Hall–Kier alpha value is -7.90. The van der Waals surface area contributed by atoms with Gasteiger partial charge in [0.25, 0.3) is 6.33 Å². The van der Waals surface area contributed by atoms with E-state index in [2.05, 4.69) is 181 Å². The molecule has 0 aliphatic carbocycles. The van der Waals surface area contributed by atoms with Crippen molar-refractivity contribution in [3.8, 4) is 34.4 Å². The van der Waals surface area contributed by atoms with Gasteiger partial charge in [-0.15, -0.1) is 0 Å².